The zero-order chi connectivity index (χ0) is 14.0. The Balaban J connectivity index is 2.35. The van der Waals surface area contributed by atoms with Crippen molar-refractivity contribution in [1.82, 2.24) is 14.8 Å². The average molecular weight is 278 g/mol. The van der Waals surface area contributed by atoms with E-state index >= 15 is 0 Å². The van der Waals surface area contributed by atoms with Gasteiger partial charge in [-0.15, -0.1) is 11.3 Å². The van der Waals surface area contributed by atoms with Crippen LogP contribution in [0.4, 0.5) is 0 Å². The Hall–Kier alpha value is -1.20. The minimum Gasteiger partial charge on any atom is -0.322 e. The smallest absolute Gasteiger partial charge is 0.110 e. The maximum absolute atomic E-state index is 6.13. The van der Waals surface area contributed by atoms with Crippen LogP contribution < -0.4 is 5.73 Å². The maximum Gasteiger partial charge on any atom is 0.110 e. The van der Waals surface area contributed by atoms with Crippen LogP contribution in [-0.4, -0.2) is 14.8 Å². The second kappa shape index (κ2) is 5.84. The van der Waals surface area contributed by atoms with E-state index in [4.69, 9.17) is 10.7 Å². The molecule has 0 bridgehead atoms. The SMILES string of the molecule is CCCC(N)c1nc(-c2c(C)nn(CC)c2C)cs1. The third-order valence-corrected chi connectivity index (χ3v) is 4.35. The van der Waals surface area contributed by atoms with Gasteiger partial charge in [0.15, 0.2) is 0 Å². The lowest BCUT2D eigenvalue weighted by molar-refractivity contribution is 0.633. The standard InChI is InChI=1S/C14H22N4S/c1-5-7-11(15)14-16-12(8-19-14)13-9(3)17-18(6-2)10(13)4/h8,11H,5-7,15H2,1-4H3. The molecule has 0 saturated carbocycles. The van der Waals surface area contributed by atoms with Gasteiger partial charge < -0.3 is 5.73 Å². The number of thiazole rings is 1. The first-order valence-electron chi connectivity index (χ1n) is 6.83. The van der Waals surface area contributed by atoms with Crippen LogP contribution in [0.2, 0.25) is 0 Å². The molecular formula is C14H22N4S. The Kier molecular flexibility index (Phi) is 4.37. The van der Waals surface area contributed by atoms with E-state index in [1.807, 2.05) is 11.6 Å². The molecule has 0 aliphatic rings. The number of nitrogens with two attached hydrogens (primary N) is 1. The van der Waals surface area contributed by atoms with E-state index in [1.165, 1.54) is 5.69 Å². The van der Waals surface area contributed by atoms with Crippen LogP contribution in [0.5, 0.6) is 0 Å². The molecule has 2 rings (SSSR count). The lowest BCUT2D eigenvalue weighted by atomic mass is 10.1. The van der Waals surface area contributed by atoms with Gasteiger partial charge in [0.25, 0.3) is 0 Å². The quantitative estimate of drug-likeness (QED) is 0.911. The molecule has 2 heterocycles. The fourth-order valence-electron chi connectivity index (χ4n) is 2.38. The Morgan fingerprint density at radius 3 is 2.68 bits per heavy atom. The first-order chi connectivity index (χ1) is 9.08. The molecule has 0 aromatic carbocycles. The topological polar surface area (TPSA) is 56.7 Å². The predicted octanol–water partition coefficient (Wildman–Crippen LogP) is 3.44. The zero-order valence-corrected chi connectivity index (χ0v) is 12.9. The fraction of sp³-hybridized carbons (Fsp3) is 0.571. The van der Waals surface area contributed by atoms with Gasteiger partial charge in [0.1, 0.15) is 5.01 Å². The van der Waals surface area contributed by atoms with E-state index in [0.29, 0.717) is 0 Å². The molecule has 2 aromatic rings. The van der Waals surface area contributed by atoms with Crippen LogP contribution in [0, 0.1) is 13.8 Å². The minimum atomic E-state index is 0.0607. The molecule has 2 aromatic heterocycles. The first kappa shape index (κ1) is 14.2. The van der Waals surface area contributed by atoms with Crippen molar-refractivity contribution in [1.29, 1.82) is 0 Å². The molecule has 104 valence electrons. The molecule has 1 unspecified atom stereocenters. The lowest BCUT2D eigenvalue weighted by Crippen LogP contribution is -2.09. The van der Waals surface area contributed by atoms with E-state index in [1.54, 1.807) is 11.3 Å². The van der Waals surface area contributed by atoms with E-state index < -0.39 is 0 Å². The Morgan fingerprint density at radius 1 is 1.37 bits per heavy atom. The van der Waals surface area contributed by atoms with Gasteiger partial charge in [-0.05, 0) is 27.2 Å². The van der Waals surface area contributed by atoms with Crippen LogP contribution in [-0.2, 0) is 6.54 Å². The lowest BCUT2D eigenvalue weighted by Gasteiger charge is -2.05. The molecule has 0 saturated heterocycles. The summed E-state index contributed by atoms with van der Waals surface area (Å²) in [6.07, 6.45) is 2.07. The largest absolute Gasteiger partial charge is 0.322 e. The highest BCUT2D eigenvalue weighted by atomic mass is 32.1. The van der Waals surface area contributed by atoms with Crippen LogP contribution in [0.15, 0.2) is 5.38 Å². The number of rotatable bonds is 5. The van der Waals surface area contributed by atoms with Gasteiger partial charge in [-0.3, -0.25) is 4.68 Å². The molecule has 0 aliphatic carbocycles. The number of hydrogen-bond donors (Lipinski definition) is 1. The summed E-state index contributed by atoms with van der Waals surface area (Å²) in [5, 5.41) is 7.67. The van der Waals surface area contributed by atoms with Crippen molar-refractivity contribution in [3.63, 3.8) is 0 Å². The van der Waals surface area contributed by atoms with Gasteiger partial charge in [-0.1, -0.05) is 13.3 Å². The zero-order valence-electron chi connectivity index (χ0n) is 12.1. The third-order valence-electron chi connectivity index (χ3n) is 3.38. The summed E-state index contributed by atoms with van der Waals surface area (Å²) in [6.45, 7) is 9.28. The summed E-state index contributed by atoms with van der Waals surface area (Å²) < 4.78 is 2.02. The highest BCUT2D eigenvalue weighted by Crippen LogP contribution is 2.30. The highest BCUT2D eigenvalue weighted by Gasteiger charge is 2.17. The number of hydrogen-bond acceptors (Lipinski definition) is 4. The summed E-state index contributed by atoms with van der Waals surface area (Å²) in [6, 6.07) is 0.0607. The molecule has 19 heavy (non-hydrogen) atoms. The van der Waals surface area contributed by atoms with Crippen LogP contribution in [0.3, 0.4) is 0 Å². The van der Waals surface area contributed by atoms with Gasteiger partial charge in [0.2, 0.25) is 0 Å². The van der Waals surface area contributed by atoms with Crippen molar-refractivity contribution in [3.8, 4) is 11.3 Å². The van der Waals surface area contributed by atoms with E-state index in [9.17, 15) is 0 Å². The van der Waals surface area contributed by atoms with Crippen molar-refractivity contribution in [3.05, 3.63) is 21.8 Å². The van der Waals surface area contributed by atoms with Crippen LogP contribution >= 0.6 is 11.3 Å². The van der Waals surface area contributed by atoms with Crippen molar-refractivity contribution in [2.24, 2.45) is 5.73 Å². The van der Waals surface area contributed by atoms with Gasteiger partial charge in [0, 0.05) is 23.2 Å². The summed E-state index contributed by atoms with van der Waals surface area (Å²) in [5.74, 6) is 0. The fourth-order valence-corrected chi connectivity index (χ4v) is 3.23. The second-order valence-electron chi connectivity index (χ2n) is 4.83. The summed E-state index contributed by atoms with van der Waals surface area (Å²) in [5.41, 5.74) is 10.5. The molecule has 2 N–H and O–H groups in total. The average Bonchev–Trinajstić information content (AvgIpc) is 2.94. The van der Waals surface area contributed by atoms with Crippen LogP contribution in [0.25, 0.3) is 11.3 Å². The first-order valence-corrected chi connectivity index (χ1v) is 7.71. The summed E-state index contributed by atoms with van der Waals surface area (Å²) >= 11 is 1.65. The predicted molar refractivity (Wildman–Crippen MR) is 80.3 cm³/mol. The highest BCUT2D eigenvalue weighted by molar-refractivity contribution is 7.10. The van der Waals surface area contributed by atoms with E-state index in [2.05, 4.69) is 31.2 Å². The molecule has 1 atom stereocenters. The molecule has 0 amide bonds. The van der Waals surface area contributed by atoms with Crippen molar-refractivity contribution < 1.29 is 0 Å². The molecule has 5 heteroatoms. The van der Waals surface area contributed by atoms with Crippen LogP contribution in [0.1, 0.15) is 49.1 Å². The molecule has 0 aliphatic heterocycles. The molecule has 4 nitrogen and oxygen atoms in total. The molecular weight excluding hydrogens is 256 g/mol. The molecule has 0 spiro atoms. The molecule has 0 fully saturated rings. The normalized spacial score (nSPS) is 12.9. The Morgan fingerprint density at radius 2 is 2.11 bits per heavy atom. The van der Waals surface area contributed by atoms with Gasteiger partial charge in [-0.25, -0.2) is 4.98 Å². The van der Waals surface area contributed by atoms with E-state index in [-0.39, 0.29) is 6.04 Å². The van der Waals surface area contributed by atoms with Crippen molar-refractivity contribution >= 4 is 11.3 Å². The number of nitrogens with zero attached hydrogens (tertiary/aromatic N) is 3. The number of aryl methyl sites for hydroxylation is 2. The second-order valence-corrected chi connectivity index (χ2v) is 5.72. The summed E-state index contributed by atoms with van der Waals surface area (Å²) in [4.78, 5) is 4.71. The Labute approximate surface area is 118 Å². The van der Waals surface area contributed by atoms with Gasteiger partial charge >= 0.3 is 0 Å². The van der Waals surface area contributed by atoms with E-state index in [0.717, 1.165) is 41.3 Å². The van der Waals surface area contributed by atoms with Crippen molar-refractivity contribution in [2.75, 3.05) is 0 Å². The van der Waals surface area contributed by atoms with Gasteiger partial charge in [-0.2, -0.15) is 5.10 Å². The van der Waals surface area contributed by atoms with Gasteiger partial charge in [0.05, 0.1) is 17.4 Å². The van der Waals surface area contributed by atoms with Crippen molar-refractivity contribution in [2.45, 2.75) is 53.1 Å². The summed E-state index contributed by atoms with van der Waals surface area (Å²) in [7, 11) is 0. The Bertz CT molecular complexity index is 556. The number of aromatic nitrogens is 3. The monoisotopic (exact) mass is 278 g/mol. The third kappa shape index (κ3) is 2.72. The minimum absolute atomic E-state index is 0.0607. The molecule has 0 radical (unpaired) electrons. The maximum atomic E-state index is 6.13.